The molecule has 0 spiro atoms. The number of ether oxygens (including phenoxy) is 2. The molecular weight excluding hydrogens is 258 g/mol. The fourth-order valence-electron chi connectivity index (χ4n) is 2.48. The highest BCUT2D eigenvalue weighted by Crippen LogP contribution is 2.26. The van der Waals surface area contributed by atoms with Crippen LogP contribution in [-0.4, -0.2) is 54.6 Å². The van der Waals surface area contributed by atoms with Crippen molar-refractivity contribution in [3.05, 3.63) is 17.7 Å². The fraction of sp³-hybridized carbons (Fsp3) is 0.714. The number of nitrogens with zero attached hydrogens (tertiary/aromatic N) is 3. The van der Waals surface area contributed by atoms with Gasteiger partial charge >= 0.3 is 0 Å². The molecule has 0 amide bonds. The van der Waals surface area contributed by atoms with Crippen LogP contribution in [-0.2, 0) is 16.1 Å². The van der Waals surface area contributed by atoms with Gasteiger partial charge in [-0.05, 0) is 0 Å². The maximum Gasteiger partial charge on any atom is 0.131 e. The highest BCUT2D eigenvalue weighted by Gasteiger charge is 2.34. The van der Waals surface area contributed by atoms with Gasteiger partial charge in [0.05, 0.1) is 24.2 Å². The summed E-state index contributed by atoms with van der Waals surface area (Å²) < 4.78 is 10.9. The van der Waals surface area contributed by atoms with E-state index in [1.165, 1.54) is 0 Å². The summed E-state index contributed by atoms with van der Waals surface area (Å²) in [6.07, 6.45) is 1.84. The van der Waals surface area contributed by atoms with Gasteiger partial charge in [-0.1, -0.05) is 13.8 Å². The molecule has 1 aromatic heterocycles. The maximum absolute atomic E-state index is 9.55. The Kier molecular flexibility index (Phi) is 4.91. The molecule has 6 heteroatoms. The van der Waals surface area contributed by atoms with Crippen LogP contribution in [0.5, 0.6) is 0 Å². The Hall–Kier alpha value is -1.24. The SMILES string of the molecule is COC1CN(c2cnc(C(C)C)nc2CO)CC1OC. The number of aliphatic hydroxyl groups is 1. The predicted molar refractivity (Wildman–Crippen MR) is 75.9 cm³/mol. The summed E-state index contributed by atoms with van der Waals surface area (Å²) in [5.74, 6) is 0.995. The third-order valence-electron chi connectivity index (χ3n) is 3.69. The Bertz CT molecular complexity index is 441. The molecule has 0 radical (unpaired) electrons. The number of anilines is 1. The van der Waals surface area contributed by atoms with Crippen molar-refractivity contribution in [2.45, 2.75) is 38.6 Å². The molecule has 6 nitrogen and oxygen atoms in total. The first-order chi connectivity index (χ1) is 9.60. The van der Waals surface area contributed by atoms with E-state index in [0.29, 0.717) is 18.8 Å². The second-order valence-electron chi connectivity index (χ2n) is 5.33. The van der Waals surface area contributed by atoms with E-state index in [4.69, 9.17) is 9.47 Å². The molecule has 2 unspecified atom stereocenters. The molecule has 0 saturated carbocycles. The molecule has 1 aromatic rings. The summed E-state index contributed by atoms with van der Waals surface area (Å²) >= 11 is 0. The van der Waals surface area contributed by atoms with E-state index in [9.17, 15) is 5.11 Å². The molecule has 1 aliphatic heterocycles. The molecular formula is C14H23N3O3. The van der Waals surface area contributed by atoms with Crippen LogP contribution in [0, 0.1) is 0 Å². The second-order valence-corrected chi connectivity index (χ2v) is 5.33. The van der Waals surface area contributed by atoms with Crippen LogP contribution in [0.3, 0.4) is 0 Å². The van der Waals surface area contributed by atoms with Gasteiger partial charge in [0.15, 0.2) is 0 Å². The average Bonchev–Trinajstić information content (AvgIpc) is 2.89. The topological polar surface area (TPSA) is 67.7 Å². The molecule has 1 saturated heterocycles. The average molecular weight is 281 g/mol. The number of methoxy groups -OCH3 is 2. The lowest BCUT2D eigenvalue weighted by atomic mass is 10.2. The summed E-state index contributed by atoms with van der Waals surface area (Å²) in [6.45, 7) is 5.41. The van der Waals surface area contributed by atoms with Gasteiger partial charge in [-0.15, -0.1) is 0 Å². The van der Waals surface area contributed by atoms with Gasteiger partial charge in [0.1, 0.15) is 18.0 Å². The van der Waals surface area contributed by atoms with Crippen molar-refractivity contribution < 1.29 is 14.6 Å². The first-order valence-corrected chi connectivity index (χ1v) is 6.87. The lowest BCUT2D eigenvalue weighted by Gasteiger charge is -2.20. The lowest BCUT2D eigenvalue weighted by molar-refractivity contribution is -0.00461. The molecule has 2 atom stereocenters. The van der Waals surface area contributed by atoms with Gasteiger partial charge < -0.3 is 19.5 Å². The molecule has 112 valence electrons. The Balaban J connectivity index is 2.25. The zero-order chi connectivity index (χ0) is 14.7. The van der Waals surface area contributed by atoms with Crippen molar-refractivity contribution >= 4 is 5.69 Å². The first-order valence-electron chi connectivity index (χ1n) is 6.87. The molecule has 0 aromatic carbocycles. The van der Waals surface area contributed by atoms with Crippen molar-refractivity contribution in [1.29, 1.82) is 0 Å². The summed E-state index contributed by atoms with van der Waals surface area (Å²) in [4.78, 5) is 10.9. The highest BCUT2D eigenvalue weighted by atomic mass is 16.5. The fourth-order valence-corrected chi connectivity index (χ4v) is 2.48. The van der Waals surface area contributed by atoms with Crippen LogP contribution in [0.4, 0.5) is 5.69 Å². The second kappa shape index (κ2) is 6.47. The van der Waals surface area contributed by atoms with Crippen molar-refractivity contribution in [2.75, 3.05) is 32.2 Å². The minimum atomic E-state index is -0.0939. The zero-order valence-electron chi connectivity index (χ0n) is 12.5. The highest BCUT2D eigenvalue weighted by molar-refractivity contribution is 5.50. The van der Waals surface area contributed by atoms with Crippen molar-refractivity contribution in [1.82, 2.24) is 9.97 Å². The number of hydrogen-bond donors (Lipinski definition) is 1. The number of aliphatic hydroxyl groups excluding tert-OH is 1. The third kappa shape index (κ3) is 2.92. The summed E-state index contributed by atoms with van der Waals surface area (Å²) in [5.41, 5.74) is 1.52. The minimum absolute atomic E-state index is 0.0244. The van der Waals surface area contributed by atoms with Gasteiger partial charge in [-0.2, -0.15) is 0 Å². The molecule has 1 fully saturated rings. The number of hydrogen-bond acceptors (Lipinski definition) is 6. The quantitative estimate of drug-likeness (QED) is 0.866. The summed E-state index contributed by atoms with van der Waals surface area (Å²) in [6, 6.07) is 0. The number of rotatable bonds is 5. The van der Waals surface area contributed by atoms with Crippen LogP contribution in [0.2, 0.25) is 0 Å². The molecule has 2 rings (SSSR count). The summed E-state index contributed by atoms with van der Waals surface area (Å²) in [7, 11) is 3.37. The molecule has 1 N–H and O–H groups in total. The van der Waals surface area contributed by atoms with Crippen LogP contribution in [0.15, 0.2) is 6.20 Å². The van der Waals surface area contributed by atoms with E-state index in [1.807, 2.05) is 13.8 Å². The minimum Gasteiger partial charge on any atom is -0.390 e. The van der Waals surface area contributed by atoms with Gasteiger partial charge in [-0.3, -0.25) is 0 Å². The first kappa shape index (κ1) is 15.2. The summed E-state index contributed by atoms with van der Waals surface area (Å²) in [5, 5.41) is 9.55. The van der Waals surface area contributed by atoms with Crippen molar-refractivity contribution in [2.24, 2.45) is 0 Å². The van der Waals surface area contributed by atoms with Gasteiger partial charge in [-0.25, -0.2) is 9.97 Å². The lowest BCUT2D eigenvalue weighted by Crippen LogP contribution is -2.27. The van der Waals surface area contributed by atoms with Gasteiger partial charge in [0, 0.05) is 33.2 Å². The maximum atomic E-state index is 9.55. The normalized spacial score (nSPS) is 22.8. The van der Waals surface area contributed by atoms with Crippen molar-refractivity contribution in [3.8, 4) is 0 Å². The molecule has 0 aliphatic carbocycles. The van der Waals surface area contributed by atoms with Crippen LogP contribution < -0.4 is 4.90 Å². The van der Waals surface area contributed by atoms with E-state index in [1.54, 1.807) is 20.4 Å². The van der Waals surface area contributed by atoms with E-state index >= 15 is 0 Å². The van der Waals surface area contributed by atoms with Crippen LogP contribution in [0.25, 0.3) is 0 Å². The Morgan fingerprint density at radius 3 is 2.35 bits per heavy atom. The van der Waals surface area contributed by atoms with Gasteiger partial charge in [0.2, 0.25) is 0 Å². The molecule has 1 aliphatic rings. The third-order valence-corrected chi connectivity index (χ3v) is 3.69. The zero-order valence-corrected chi connectivity index (χ0v) is 12.5. The monoisotopic (exact) mass is 281 g/mol. The Morgan fingerprint density at radius 2 is 1.90 bits per heavy atom. The van der Waals surface area contributed by atoms with Gasteiger partial charge in [0.25, 0.3) is 0 Å². The molecule has 20 heavy (non-hydrogen) atoms. The smallest absolute Gasteiger partial charge is 0.131 e. The van der Waals surface area contributed by atoms with Crippen LogP contribution >= 0.6 is 0 Å². The van der Waals surface area contributed by atoms with E-state index in [2.05, 4.69) is 14.9 Å². The van der Waals surface area contributed by atoms with Crippen molar-refractivity contribution in [3.63, 3.8) is 0 Å². The Labute approximate surface area is 119 Å². The number of aromatic nitrogens is 2. The van der Waals surface area contributed by atoms with Crippen LogP contribution in [0.1, 0.15) is 31.3 Å². The van der Waals surface area contributed by atoms with E-state index in [0.717, 1.165) is 11.5 Å². The molecule has 2 heterocycles. The largest absolute Gasteiger partial charge is 0.390 e. The predicted octanol–water partition coefficient (Wildman–Crippen LogP) is 0.942. The van der Waals surface area contributed by atoms with E-state index in [-0.39, 0.29) is 24.7 Å². The molecule has 0 bridgehead atoms. The Morgan fingerprint density at radius 1 is 1.30 bits per heavy atom. The van der Waals surface area contributed by atoms with E-state index < -0.39 is 0 Å². The standard InChI is InChI=1S/C14H23N3O3/c1-9(2)14-15-5-11(10(8-18)16-14)17-6-12(19-3)13(7-17)20-4/h5,9,12-13,18H,6-8H2,1-4H3.